The normalized spacial score (nSPS) is 12.3. The highest BCUT2D eigenvalue weighted by Gasteiger charge is 2.18. The topological polar surface area (TPSA) is 18.5 Å². The Hall–Kier alpha value is -1.64. The molecule has 0 heterocycles. The quantitative estimate of drug-likeness (QED) is 0.709. The zero-order chi connectivity index (χ0) is 13.2. The SMILES string of the molecule is COCc1ccc2c(c1)Cc1cc(COC)ccc1-2. The minimum absolute atomic E-state index is 0.679. The van der Waals surface area contributed by atoms with Gasteiger partial charge in [0, 0.05) is 14.2 Å². The van der Waals surface area contributed by atoms with E-state index in [0.29, 0.717) is 13.2 Å². The zero-order valence-corrected chi connectivity index (χ0v) is 11.4. The molecule has 0 saturated heterocycles. The molecule has 2 nitrogen and oxygen atoms in total. The predicted octanol–water partition coefficient (Wildman–Crippen LogP) is 3.55. The largest absolute Gasteiger partial charge is 0.380 e. The second-order valence-electron chi connectivity index (χ2n) is 5.03. The second-order valence-corrected chi connectivity index (χ2v) is 5.03. The van der Waals surface area contributed by atoms with E-state index in [2.05, 4.69) is 36.4 Å². The lowest BCUT2D eigenvalue weighted by Gasteiger charge is -2.05. The molecule has 2 aromatic rings. The Morgan fingerprint density at radius 3 is 1.68 bits per heavy atom. The average Bonchev–Trinajstić information content (AvgIpc) is 2.76. The van der Waals surface area contributed by atoms with Gasteiger partial charge in [-0.1, -0.05) is 36.4 Å². The number of hydrogen-bond donors (Lipinski definition) is 0. The Morgan fingerprint density at radius 2 is 1.26 bits per heavy atom. The molecule has 0 radical (unpaired) electrons. The molecule has 1 aliphatic rings. The minimum Gasteiger partial charge on any atom is -0.380 e. The lowest BCUT2D eigenvalue weighted by atomic mass is 10.0. The summed E-state index contributed by atoms with van der Waals surface area (Å²) in [5.41, 5.74) is 8.01. The van der Waals surface area contributed by atoms with Crippen molar-refractivity contribution in [1.29, 1.82) is 0 Å². The van der Waals surface area contributed by atoms with E-state index in [1.54, 1.807) is 14.2 Å². The Labute approximate surface area is 114 Å². The maximum Gasteiger partial charge on any atom is 0.0713 e. The van der Waals surface area contributed by atoms with Gasteiger partial charge in [-0.3, -0.25) is 0 Å². The summed E-state index contributed by atoms with van der Waals surface area (Å²) < 4.78 is 10.4. The van der Waals surface area contributed by atoms with Crippen LogP contribution in [0.25, 0.3) is 11.1 Å². The number of ether oxygens (including phenoxy) is 2. The van der Waals surface area contributed by atoms with Crippen LogP contribution in [-0.2, 0) is 29.1 Å². The van der Waals surface area contributed by atoms with Gasteiger partial charge in [0.25, 0.3) is 0 Å². The molecule has 0 amide bonds. The van der Waals surface area contributed by atoms with E-state index in [4.69, 9.17) is 9.47 Å². The zero-order valence-electron chi connectivity index (χ0n) is 11.4. The first kappa shape index (κ1) is 12.4. The van der Waals surface area contributed by atoms with Gasteiger partial charge in [-0.2, -0.15) is 0 Å². The molecule has 0 fully saturated rings. The van der Waals surface area contributed by atoms with E-state index in [1.807, 2.05) is 0 Å². The van der Waals surface area contributed by atoms with Gasteiger partial charge in [-0.25, -0.2) is 0 Å². The molecule has 98 valence electrons. The predicted molar refractivity (Wildman–Crippen MR) is 76.1 cm³/mol. The molecular weight excluding hydrogens is 236 g/mol. The van der Waals surface area contributed by atoms with Gasteiger partial charge < -0.3 is 9.47 Å². The van der Waals surface area contributed by atoms with Crippen LogP contribution in [0.1, 0.15) is 22.3 Å². The van der Waals surface area contributed by atoms with Crippen LogP contribution in [0.5, 0.6) is 0 Å². The smallest absolute Gasteiger partial charge is 0.0713 e. The van der Waals surface area contributed by atoms with Crippen molar-refractivity contribution in [2.24, 2.45) is 0 Å². The fourth-order valence-electron chi connectivity index (χ4n) is 2.83. The summed E-state index contributed by atoms with van der Waals surface area (Å²) in [6.45, 7) is 1.36. The monoisotopic (exact) mass is 254 g/mol. The number of rotatable bonds is 4. The fourth-order valence-corrected chi connectivity index (χ4v) is 2.83. The van der Waals surface area contributed by atoms with Crippen LogP contribution in [0.4, 0.5) is 0 Å². The van der Waals surface area contributed by atoms with Crippen LogP contribution in [0.2, 0.25) is 0 Å². The summed E-state index contributed by atoms with van der Waals surface area (Å²) in [5.74, 6) is 0. The average molecular weight is 254 g/mol. The van der Waals surface area contributed by atoms with Gasteiger partial charge in [-0.15, -0.1) is 0 Å². The van der Waals surface area contributed by atoms with Gasteiger partial charge in [0.15, 0.2) is 0 Å². The van der Waals surface area contributed by atoms with Crippen molar-refractivity contribution < 1.29 is 9.47 Å². The first-order valence-electron chi connectivity index (χ1n) is 6.53. The maximum absolute atomic E-state index is 5.20. The highest BCUT2D eigenvalue weighted by molar-refractivity contribution is 5.77. The molecule has 3 rings (SSSR count). The number of fused-ring (bicyclic) bond motifs is 3. The van der Waals surface area contributed by atoms with Crippen LogP contribution in [0.3, 0.4) is 0 Å². The summed E-state index contributed by atoms with van der Waals surface area (Å²) in [6, 6.07) is 13.3. The van der Waals surface area contributed by atoms with E-state index in [-0.39, 0.29) is 0 Å². The fraction of sp³-hybridized carbons (Fsp3) is 0.294. The first-order valence-corrected chi connectivity index (χ1v) is 6.53. The summed E-state index contributed by atoms with van der Waals surface area (Å²) in [4.78, 5) is 0. The molecule has 19 heavy (non-hydrogen) atoms. The van der Waals surface area contributed by atoms with Crippen molar-refractivity contribution >= 4 is 0 Å². The molecule has 0 saturated carbocycles. The minimum atomic E-state index is 0.679. The van der Waals surface area contributed by atoms with Crippen LogP contribution in [0, 0.1) is 0 Å². The summed E-state index contributed by atoms with van der Waals surface area (Å²) in [5, 5.41) is 0. The molecule has 0 aromatic heterocycles. The molecule has 1 aliphatic carbocycles. The molecule has 2 aromatic carbocycles. The van der Waals surface area contributed by atoms with Crippen molar-refractivity contribution in [3.05, 3.63) is 58.7 Å². The van der Waals surface area contributed by atoms with E-state index in [1.165, 1.54) is 33.4 Å². The highest BCUT2D eigenvalue weighted by atomic mass is 16.5. The number of methoxy groups -OCH3 is 2. The van der Waals surface area contributed by atoms with Crippen molar-refractivity contribution in [3.8, 4) is 11.1 Å². The van der Waals surface area contributed by atoms with Crippen LogP contribution < -0.4 is 0 Å². The van der Waals surface area contributed by atoms with Gasteiger partial charge in [0.05, 0.1) is 13.2 Å². The van der Waals surface area contributed by atoms with Crippen molar-refractivity contribution in [2.45, 2.75) is 19.6 Å². The van der Waals surface area contributed by atoms with Gasteiger partial charge in [0.2, 0.25) is 0 Å². The van der Waals surface area contributed by atoms with Crippen molar-refractivity contribution in [2.75, 3.05) is 14.2 Å². The van der Waals surface area contributed by atoms with Crippen molar-refractivity contribution in [1.82, 2.24) is 0 Å². The lowest BCUT2D eigenvalue weighted by Crippen LogP contribution is -1.90. The Bertz CT molecular complexity index is 549. The van der Waals surface area contributed by atoms with Gasteiger partial charge in [-0.05, 0) is 39.8 Å². The Kier molecular flexibility index (Phi) is 3.36. The molecule has 0 aliphatic heterocycles. The third-order valence-corrected chi connectivity index (χ3v) is 3.63. The summed E-state index contributed by atoms with van der Waals surface area (Å²) in [6.07, 6.45) is 1.01. The third-order valence-electron chi connectivity index (χ3n) is 3.63. The molecule has 0 unspecified atom stereocenters. The molecule has 2 heteroatoms. The number of hydrogen-bond acceptors (Lipinski definition) is 2. The van der Waals surface area contributed by atoms with Crippen LogP contribution in [-0.4, -0.2) is 14.2 Å². The molecule has 0 bridgehead atoms. The Morgan fingerprint density at radius 1 is 0.789 bits per heavy atom. The Balaban J connectivity index is 1.96. The van der Waals surface area contributed by atoms with Gasteiger partial charge >= 0.3 is 0 Å². The van der Waals surface area contributed by atoms with Crippen molar-refractivity contribution in [3.63, 3.8) is 0 Å². The summed E-state index contributed by atoms with van der Waals surface area (Å²) >= 11 is 0. The van der Waals surface area contributed by atoms with Crippen LogP contribution in [0.15, 0.2) is 36.4 Å². The second kappa shape index (κ2) is 5.16. The molecule has 0 N–H and O–H groups in total. The van der Waals surface area contributed by atoms with E-state index in [9.17, 15) is 0 Å². The highest BCUT2D eigenvalue weighted by Crippen LogP contribution is 2.37. The van der Waals surface area contributed by atoms with Crippen LogP contribution >= 0.6 is 0 Å². The standard InChI is InChI=1S/C17H18O2/c1-18-10-12-3-5-16-14(7-12)9-15-8-13(11-19-2)4-6-17(15)16/h3-8H,9-11H2,1-2H3. The van der Waals surface area contributed by atoms with Gasteiger partial charge in [0.1, 0.15) is 0 Å². The molecule has 0 spiro atoms. The van der Waals surface area contributed by atoms with E-state index >= 15 is 0 Å². The van der Waals surface area contributed by atoms with E-state index < -0.39 is 0 Å². The first-order chi connectivity index (χ1) is 9.31. The lowest BCUT2D eigenvalue weighted by molar-refractivity contribution is 0.185. The molecular formula is C17H18O2. The maximum atomic E-state index is 5.20. The third kappa shape index (κ3) is 2.29. The molecule has 0 atom stereocenters. The summed E-state index contributed by atoms with van der Waals surface area (Å²) in [7, 11) is 3.47. The number of benzene rings is 2. The van der Waals surface area contributed by atoms with E-state index in [0.717, 1.165) is 6.42 Å².